The van der Waals surface area contributed by atoms with Crippen LogP contribution in [0.4, 0.5) is 5.69 Å². The smallest absolute Gasteiger partial charge is 0.0755 e. The van der Waals surface area contributed by atoms with Gasteiger partial charge in [-0.2, -0.15) is 0 Å². The average molecular weight is 353 g/mol. The minimum Gasteiger partial charge on any atom is -0.371 e. The number of morpholine rings is 1. The highest BCUT2D eigenvalue weighted by molar-refractivity contribution is 9.10. The Morgan fingerprint density at radius 2 is 2.05 bits per heavy atom. The molecule has 3 atom stereocenters. The summed E-state index contributed by atoms with van der Waals surface area (Å²) in [6.07, 6.45) is 4.48. The van der Waals surface area contributed by atoms with Crippen molar-refractivity contribution in [1.29, 1.82) is 0 Å². The fourth-order valence-electron chi connectivity index (χ4n) is 3.36. The summed E-state index contributed by atoms with van der Waals surface area (Å²) in [6.45, 7) is 7.55. The number of hydrogen-bond acceptors (Lipinski definition) is 3. The third kappa shape index (κ3) is 3.43. The molecule has 21 heavy (non-hydrogen) atoms. The third-order valence-corrected chi connectivity index (χ3v) is 5.25. The van der Waals surface area contributed by atoms with Crippen LogP contribution < -0.4 is 10.2 Å². The summed E-state index contributed by atoms with van der Waals surface area (Å²) in [6, 6.07) is 7.16. The fourth-order valence-corrected chi connectivity index (χ4v) is 4.07. The van der Waals surface area contributed by atoms with Gasteiger partial charge in [-0.15, -0.1) is 0 Å². The molecule has 2 fully saturated rings. The molecule has 1 aromatic carbocycles. The first-order valence-corrected chi connectivity index (χ1v) is 8.90. The summed E-state index contributed by atoms with van der Waals surface area (Å²) in [4.78, 5) is 2.48. The van der Waals surface area contributed by atoms with E-state index >= 15 is 0 Å². The molecule has 1 N–H and O–H groups in total. The topological polar surface area (TPSA) is 24.5 Å². The number of nitrogens with zero attached hydrogens (tertiary/aromatic N) is 1. The summed E-state index contributed by atoms with van der Waals surface area (Å²) >= 11 is 3.75. The van der Waals surface area contributed by atoms with Gasteiger partial charge in [0.2, 0.25) is 0 Å². The van der Waals surface area contributed by atoms with E-state index in [2.05, 4.69) is 58.2 Å². The highest BCUT2D eigenvalue weighted by Gasteiger charge is 2.33. The Morgan fingerprint density at radius 1 is 1.33 bits per heavy atom. The number of halogens is 1. The molecule has 0 radical (unpaired) electrons. The molecule has 3 unspecified atom stereocenters. The molecular formula is C17H25BrN2O. The molecule has 2 aliphatic heterocycles. The van der Waals surface area contributed by atoms with E-state index in [1.165, 1.54) is 28.6 Å². The number of hydrogen-bond donors (Lipinski definition) is 1. The minimum atomic E-state index is 0.384. The van der Waals surface area contributed by atoms with Crippen LogP contribution in [0.2, 0.25) is 0 Å². The summed E-state index contributed by atoms with van der Waals surface area (Å²) in [5.74, 6) is 0. The van der Waals surface area contributed by atoms with Crippen LogP contribution in [0.5, 0.6) is 0 Å². The Balaban J connectivity index is 1.72. The van der Waals surface area contributed by atoms with Crippen molar-refractivity contribution in [1.82, 2.24) is 5.32 Å². The largest absolute Gasteiger partial charge is 0.371 e. The van der Waals surface area contributed by atoms with Crippen molar-refractivity contribution < 1.29 is 4.74 Å². The van der Waals surface area contributed by atoms with Crippen molar-refractivity contribution in [3.8, 4) is 0 Å². The third-order valence-electron chi connectivity index (χ3n) is 4.56. The van der Waals surface area contributed by atoms with Gasteiger partial charge in [0.05, 0.1) is 12.2 Å². The van der Waals surface area contributed by atoms with E-state index in [-0.39, 0.29) is 0 Å². The lowest BCUT2D eigenvalue weighted by Crippen LogP contribution is -2.42. The Kier molecular flexibility index (Phi) is 4.87. The second-order valence-corrected chi connectivity index (χ2v) is 7.10. The lowest BCUT2D eigenvalue weighted by atomic mass is 10.1. The van der Waals surface area contributed by atoms with Crippen LogP contribution in [-0.2, 0) is 4.74 Å². The zero-order valence-electron chi connectivity index (χ0n) is 12.9. The summed E-state index contributed by atoms with van der Waals surface area (Å²) in [5.41, 5.74) is 2.65. The van der Waals surface area contributed by atoms with E-state index in [0.717, 1.165) is 26.1 Å². The Morgan fingerprint density at radius 3 is 2.67 bits per heavy atom. The van der Waals surface area contributed by atoms with E-state index in [1.54, 1.807) is 0 Å². The standard InChI is InChI=1S/C17H25BrN2O/c1-3-8-19-12(2)16-7-4-13(9-17(16)18)20-10-14-5-6-15(11-20)21-14/h4,7,9,12,14-15,19H,3,5-6,8,10-11H2,1-2H3. The normalized spacial score (nSPS) is 26.1. The number of fused-ring (bicyclic) bond motifs is 2. The van der Waals surface area contributed by atoms with Gasteiger partial charge >= 0.3 is 0 Å². The molecule has 1 aromatic rings. The molecule has 0 saturated carbocycles. The molecule has 3 rings (SSSR count). The fraction of sp³-hybridized carbons (Fsp3) is 0.647. The van der Waals surface area contributed by atoms with E-state index in [0.29, 0.717) is 18.2 Å². The Bertz CT molecular complexity index is 482. The maximum Gasteiger partial charge on any atom is 0.0755 e. The molecule has 2 saturated heterocycles. The maximum atomic E-state index is 5.92. The molecule has 0 aromatic heterocycles. The summed E-state index contributed by atoms with van der Waals surface area (Å²) in [7, 11) is 0. The quantitative estimate of drug-likeness (QED) is 0.870. The molecule has 2 bridgehead atoms. The molecule has 0 aliphatic carbocycles. The average Bonchev–Trinajstić information content (AvgIpc) is 2.83. The summed E-state index contributed by atoms with van der Waals surface area (Å²) in [5, 5.41) is 3.55. The van der Waals surface area contributed by atoms with Crippen molar-refractivity contribution in [2.45, 2.75) is 51.4 Å². The van der Waals surface area contributed by atoms with Gasteiger partial charge in [-0.25, -0.2) is 0 Å². The number of rotatable bonds is 5. The number of nitrogens with one attached hydrogen (secondary N) is 1. The molecule has 0 spiro atoms. The van der Waals surface area contributed by atoms with Gasteiger partial charge in [0.15, 0.2) is 0 Å². The van der Waals surface area contributed by atoms with Crippen LogP contribution >= 0.6 is 15.9 Å². The molecule has 3 nitrogen and oxygen atoms in total. The van der Waals surface area contributed by atoms with Crippen molar-refractivity contribution in [3.63, 3.8) is 0 Å². The Hall–Kier alpha value is -0.580. The van der Waals surface area contributed by atoms with Gasteiger partial charge in [0, 0.05) is 29.3 Å². The first kappa shape index (κ1) is 15.3. The molecular weight excluding hydrogens is 328 g/mol. The SMILES string of the molecule is CCCNC(C)c1ccc(N2CC3CCC(C2)O3)cc1Br. The highest BCUT2D eigenvalue weighted by atomic mass is 79.9. The highest BCUT2D eigenvalue weighted by Crippen LogP contribution is 2.33. The second-order valence-electron chi connectivity index (χ2n) is 6.24. The van der Waals surface area contributed by atoms with Crippen LogP contribution in [-0.4, -0.2) is 31.8 Å². The molecule has 0 amide bonds. The predicted molar refractivity (Wildman–Crippen MR) is 91.0 cm³/mol. The van der Waals surface area contributed by atoms with E-state index in [4.69, 9.17) is 4.74 Å². The van der Waals surface area contributed by atoms with Gasteiger partial charge in [-0.3, -0.25) is 0 Å². The van der Waals surface area contributed by atoms with E-state index in [9.17, 15) is 0 Å². The van der Waals surface area contributed by atoms with Gasteiger partial charge in [-0.05, 0) is 50.4 Å². The molecule has 2 aliphatic rings. The van der Waals surface area contributed by atoms with Gasteiger partial charge in [0.25, 0.3) is 0 Å². The second kappa shape index (κ2) is 6.67. The van der Waals surface area contributed by atoms with Crippen molar-refractivity contribution >= 4 is 21.6 Å². The van der Waals surface area contributed by atoms with Crippen molar-refractivity contribution in [2.75, 3.05) is 24.5 Å². The zero-order chi connectivity index (χ0) is 14.8. The van der Waals surface area contributed by atoms with Gasteiger partial charge in [-0.1, -0.05) is 28.9 Å². The molecule has 2 heterocycles. The van der Waals surface area contributed by atoms with Crippen LogP contribution in [0.3, 0.4) is 0 Å². The first-order valence-electron chi connectivity index (χ1n) is 8.10. The van der Waals surface area contributed by atoms with Crippen LogP contribution in [0.15, 0.2) is 22.7 Å². The van der Waals surface area contributed by atoms with Crippen molar-refractivity contribution in [3.05, 3.63) is 28.2 Å². The first-order chi connectivity index (χ1) is 10.2. The van der Waals surface area contributed by atoms with Gasteiger partial charge < -0.3 is 15.0 Å². The number of benzene rings is 1. The van der Waals surface area contributed by atoms with E-state index in [1.807, 2.05) is 0 Å². The van der Waals surface area contributed by atoms with Crippen molar-refractivity contribution in [2.24, 2.45) is 0 Å². The summed E-state index contributed by atoms with van der Waals surface area (Å²) < 4.78 is 7.13. The zero-order valence-corrected chi connectivity index (χ0v) is 14.5. The van der Waals surface area contributed by atoms with Crippen LogP contribution in [0, 0.1) is 0 Å². The lowest BCUT2D eigenvalue weighted by molar-refractivity contribution is 0.0305. The Labute approximate surface area is 136 Å². The molecule has 4 heteroatoms. The monoisotopic (exact) mass is 352 g/mol. The van der Waals surface area contributed by atoms with Crippen LogP contribution in [0.25, 0.3) is 0 Å². The van der Waals surface area contributed by atoms with Gasteiger partial charge in [0.1, 0.15) is 0 Å². The number of anilines is 1. The maximum absolute atomic E-state index is 5.92. The van der Waals surface area contributed by atoms with Crippen LogP contribution in [0.1, 0.15) is 44.7 Å². The number of ether oxygens (including phenoxy) is 1. The predicted octanol–water partition coefficient (Wildman–Crippen LogP) is 3.88. The van der Waals surface area contributed by atoms with E-state index < -0.39 is 0 Å². The lowest BCUT2D eigenvalue weighted by Gasteiger charge is -2.34. The molecule has 116 valence electrons. The minimum absolute atomic E-state index is 0.384.